The molecule has 2 atom stereocenters. The van der Waals surface area contributed by atoms with E-state index in [9.17, 15) is 10.2 Å². The normalized spacial score (nSPS) is 17.6. The summed E-state index contributed by atoms with van der Waals surface area (Å²) in [6.45, 7) is 8.48. The number of ether oxygens (including phenoxy) is 4. The highest BCUT2D eigenvalue weighted by Gasteiger charge is 2.45. The molecule has 0 aliphatic carbocycles. The second-order valence-electron chi connectivity index (χ2n) is 9.07. The van der Waals surface area contributed by atoms with Gasteiger partial charge in [-0.1, -0.05) is 23.3 Å². The molecule has 2 unspecified atom stereocenters. The van der Waals surface area contributed by atoms with E-state index in [4.69, 9.17) is 18.9 Å². The summed E-state index contributed by atoms with van der Waals surface area (Å²) < 4.78 is 24.0. The molecule has 0 saturated heterocycles. The molecule has 0 amide bonds. The van der Waals surface area contributed by atoms with Crippen LogP contribution in [0.4, 0.5) is 0 Å². The van der Waals surface area contributed by atoms with E-state index in [1.54, 1.807) is 26.4 Å². The SMILES string of the molecule is COc1c(O)cc2c(c1CC=C(C)C)OC1c3c(cc(O)c(CC=C(C)C)c3OC)OCC21. The summed E-state index contributed by atoms with van der Waals surface area (Å²) in [5.74, 6) is 2.38. The Kier molecular flexibility index (Phi) is 6.19. The Hall–Kier alpha value is -3.28. The Morgan fingerprint density at radius 2 is 1.58 bits per heavy atom. The van der Waals surface area contributed by atoms with Crippen molar-refractivity contribution in [3.05, 3.63) is 57.7 Å². The summed E-state index contributed by atoms with van der Waals surface area (Å²) >= 11 is 0. The van der Waals surface area contributed by atoms with Crippen LogP contribution in [0, 0.1) is 0 Å². The first-order valence-corrected chi connectivity index (χ1v) is 11.2. The average Bonchev–Trinajstić information content (AvgIpc) is 3.13. The van der Waals surface area contributed by atoms with Crippen LogP contribution in [0.3, 0.4) is 0 Å². The minimum Gasteiger partial charge on any atom is -0.507 e. The Labute approximate surface area is 195 Å². The fraction of sp³-hybridized carbons (Fsp3) is 0.407. The second-order valence-corrected chi connectivity index (χ2v) is 9.07. The van der Waals surface area contributed by atoms with Gasteiger partial charge in [-0.15, -0.1) is 0 Å². The van der Waals surface area contributed by atoms with Crippen molar-refractivity contribution in [2.45, 2.75) is 52.6 Å². The van der Waals surface area contributed by atoms with Crippen LogP contribution in [0.1, 0.15) is 62.0 Å². The van der Waals surface area contributed by atoms with Crippen molar-refractivity contribution in [1.29, 1.82) is 0 Å². The Morgan fingerprint density at radius 1 is 0.939 bits per heavy atom. The number of allylic oxidation sites excluding steroid dienone is 4. The third-order valence-electron chi connectivity index (χ3n) is 6.25. The summed E-state index contributed by atoms with van der Waals surface area (Å²) in [4.78, 5) is 0. The van der Waals surface area contributed by atoms with E-state index in [2.05, 4.69) is 12.2 Å². The van der Waals surface area contributed by atoms with Crippen molar-refractivity contribution in [3.8, 4) is 34.5 Å². The predicted octanol–water partition coefficient (Wildman–Crippen LogP) is 5.74. The van der Waals surface area contributed by atoms with Gasteiger partial charge in [0, 0.05) is 22.8 Å². The van der Waals surface area contributed by atoms with Gasteiger partial charge in [0.1, 0.15) is 29.1 Å². The number of phenols is 2. The van der Waals surface area contributed by atoms with Gasteiger partial charge in [-0.3, -0.25) is 0 Å². The highest BCUT2D eigenvalue weighted by atomic mass is 16.5. The molecule has 33 heavy (non-hydrogen) atoms. The summed E-state index contributed by atoms with van der Waals surface area (Å²) in [6, 6.07) is 3.37. The van der Waals surface area contributed by atoms with Crippen molar-refractivity contribution >= 4 is 0 Å². The zero-order valence-electron chi connectivity index (χ0n) is 20.1. The van der Waals surface area contributed by atoms with E-state index >= 15 is 0 Å². The number of benzene rings is 2. The molecule has 6 nitrogen and oxygen atoms in total. The Balaban J connectivity index is 1.86. The lowest BCUT2D eigenvalue weighted by atomic mass is 9.86. The molecule has 2 aliphatic heterocycles. The van der Waals surface area contributed by atoms with Crippen molar-refractivity contribution < 1.29 is 29.2 Å². The minimum absolute atomic E-state index is 0.0883. The molecule has 2 aromatic rings. The first-order chi connectivity index (χ1) is 15.8. The van der Waals surface area contributed by atoms with Crippen molar-refractivity contribution in [2.75, 3.05) is 20.8 Å². The summed E-state index contributed by atoms with van der Waals surface area (Å²) in [7, 11) is 3.15. The van der Waals surface area contributed by atoms with E-state index in [0.29, 0.717) is 42.3 Å². The van der Waals surface area contributed by atoms with Crippen LogP contribution in [0.5, 0.6) is 34.5 Å². The fourth-order valence-electron chi connectivity index (χ4n) is 4.64. The maximum atomic E-state index is 10.7. The molecule has 4 rings (SSSR count). The molecular weight excluding hydrogens is 420 g/mol. The van der Waals surface area contributed by atoms with Gasteiger partial charge in [-0.2, -0.15) is 0 Å². The van der Waals surface area contributed by atoms with E-state index in [1.807, 2.05) is 27.7 Å². The van der Waals surface area contributed by atoms with E-state index in [1.165, 1.54) is 5.57 Å². The van der Waals surface area contributed by atoms with Gasteiger partial charge < -0.3 is 29.2 Å². The molecule has 0 fully saturated rings. The number of fused-ring (bicyclic) bond motifs is 5. The molecule has 0 radical (unpaired) electrons. The highest BCUT2D eigenvalue weighted by Crippen LogP contribution is 2.58. The highest BCUT2D eigenvalue weighted by molar-refractivity contribution is 5.65. The Bertz CT molecular complexity index is 1140. The molecular formula is C27H32O6. The van der Waals surface area contributed by atoms with E-state index < -0.39 is 0 Å². The molecule has 0 bridgehead atoms. The molecule has 2 aromatic carbocycles. The molecule has 176 valence electrons. The lowest BCUT2D eigenvalue weighted by Crippen LogP contribution is -2.24. The van der Waals surface area contributed by atoms with Crippen LogP contribution in [0.25, 0.3) is 0 Å². The monoisotopic (exact) mass is 452 g/mol. The van der Waals surface area contributed by atoms with Gasteiger partial charge in [0.25, 0.3) is 0 Å². The average molecular weight is 453 g/mol. The van der Waals surface area contributed by atoms with Crippen molar-refractivity contribution in [3.63, 3.8) is 0 Å². The second kappa shape index (κ2) is 8.93. The number of aromatic hydroxyl groups is 2. The van der Waals surface area contributed by atoms with Gasteiger partial charge in [0.2, 0.25) is 0 Å². The van der Waals surface area contributed by atoms with Crippen LogP contribution in [0.2, 0.25) is 0 Å². The quantitative estimate of drug-likeness (QED) is 0.544. The van der Waals surface area contributed by atoms with Crippen LogP contribution in [-0.2, 0) is 12.8 Å². The smallest absolute Gasteiger partial charge is 0.167 e. The number of rotatable bonds is 6. The van der Waals surface area contributed by atoms with E-state index in [0.717, 1.165) is 28.0 Å². The molecule has 2 heterocycles. The van der Waals surface area contributed by atoms with Gasteiger partial charge in [-0.25, -0.2) is 0 Å². The van der Waals surface area contributed by atoms with Crippen LogP contribution in [-0.4, -0.2) is 31.0 Å². The van der Waals surface area contributed by atoms with Gasteiger partial charge in [-0.05, 0) is 46.6 Å². The van der Waals surface area contributed by atoms with E-state index in [-0.39, 0.29) is 23.5 Å². The molecule has 0 aromatic heterocycles. The molecule has 6 heteroatoms. The number of phenolic OH excluding ortho intramolecular Hbond substituents is 2. The summed E-state index contributed by atoms with van der Waals surface area (Å²) in [5, 5.41) is 21.4. The van der Waals surface area contributed by atoms with Crippen molar-refractivity contribution in [2.24, 2.45) is 0 Å². The van der Waals surface area contributed by atoms with Crippen LogP contribution >= 0.6 is 0 Å². The lowest BCUT2D eigenvalue weighted by molar-refractivity contribution is 0.134. The molecule has 0 saturated carbocycles. The molecule has 0 spiro atoms. The maximum absolute atomic E-state index is 10.7. The standard InChI is InChI=1S/C27H32O6/c1-14(2)7-9-16-20(28)12-22-23(26(16)31-6)27-19(13-32-22)18-11-21(29)25(30-5)17(24(18)33-27)10-8-15(3)4/h7-8,11-12,19,27-29H,9-10,13H2,1-6H3. The molecule has 2 N–H and O–H groups in total. The Morgan fingerprint density at radius 3 is 2.18 bits per heavy atom. The fourth-order valence-corrected chi connectivity index (χ4v) is 4.64. The molecule has 2 aliphatic rings. The number of hydrogen-bond donors (Lipinski definition) is 2. The summed E-state index contributed by atoms with van der Waals surface area (Å²) in [6.07, 6.45) is 4.89. The predicted molar refractivity (Wildman–Crippen MR) is 127 cm³/mol. The topological polar surface area (TPSA) is 77.4 Å². The third-order valence-corrected chi connectivity index (χ3v) is 6.25. The largest absolute Gasteiger partial charge is 0.507 e. The van der Waals surface area contributed by atoms with Gasteiger partial charge in [0.15, 0.2) is 11.5 Å². The third kappa shape index (κ3) is 3.99. The number of hydrogen-bond acceptors (Lipinski definition) is 6. The van der Waals surface area contributed by atoms with Crippen LogP contribution in [0.15, 0.2) is 35.4 Å². The zero-order valence-corrected chi connectivity index (χ0v) is 20.1. The first kappa shape index (κ1) is 22.9. The first-order valence-electron chi connectivity index (χ1n) is 11.2. The summed E-state index contributed by atoms with van der Waals surface area (Å²) in [5.41, 5.74) is 5.51. The van der Waals surface area contributed by atoms with Crippen molar-refractivity contribution in [1.82, 2.24) is 0 Å². The van der Waals surface area contributed by atoms with Gasteiger partial charge in [0.05, 0.1) is 32.3 Å². The minimum atomic E-state index is -0.360. The maximum Gasteiger partial charge on any atom is 0.167 e. The zero-order chi connectivity index (χ0) is 23.9. The van der Waals surface area contributed by atoms with Crippen LogP contribution < -0.4 is 18.9 Å². The van der Waals surface area contributed by atoms with Gasteiger partial charge >= 0.3 is 0 Å². The number of methoxy groups -OCH3 is 2. The lowest BCUT2D eigenvalue weighted by Gasteiger charge is -2.30.